The smallest absolute Gasteiger partial charge is 0.160 e. The second kappa shape index (κ2) is 6.51. The lowest BCUT2D eigenvalue weighted by atomic mass is 10.2. The molecule has 0 N–H and O–H groups in total. The van der Waals surface area contributed by atoms with Gasteiger partial charge in [0.2, 0.25) is 0 Å². The van der Waals surface area contributed by atoms with E-state index in [1.54, 1.807) is 11.3 Å². The first kappa shape index (κ1) is 16.3. The zero-order valence-corrected chi connectivity index (χ0v) is 15.3. The Balaban J connectivity index is 1.77. The largest absolute Gasteiger partial charge is 0.246 e. The highest BCUT2D eigenvalue weighted by molar-refractivity contribution is 7.89. The van der Waals surface area contributed by atoms with Gasteiger partial charge in [0.05, 0.1) is 27.0 Å². The van der Waals surface area contributed by atoms with Gasteiger partial charge in [-0.25, -0.2) is 18.4 Å². The van der Waals surface area contributed by atoms with Crippen LogP contribution < -0.4 is 0 Å². The zero-order valence-electron chi connectivity index (χ0n) is 12.8. The van der Waals surface area contributed by atoms with Crippen molar-refractivity contribution in [2.75, 3.05) is 0 Å². The van der Waals surface area contributed by atoms with Crippen LogP contribution in [0.1, 0.15) is 21.3 Å². The van der Waals surface area contributed by atoms with E-state index in [0.717, 1.165) is 26.8 Å². The van der Waals surface area contributed by atoms with Gasteiger partial charge >= 0.3 is 0 Å². The van der Waals surface area contributed by atoms with Crippen molar-refractivity contribution in [1.82, 2.24) is 9.97 Å². The average molecular weight is 365 g/mol. The zero-order chi connectivity index (χ0) is 16.4. The van der Waals surface area contributed by atoms with Crippen LogP contribution in [0.5, 0.6) is 0 Å². The number of thiazole rings is 2. The van der Waals surface area contributed by atoms with Gasteiger partial charge in [0.25, 0.3) is 0 Å². The van der Waals surface area contributed by atoms with E-state index in [1.807, 2.05) is 49.6 Å². The van der Waals surface area contributed by atoms with Crippen molar-refractivity contribution in [3.05, 3.63) is 57.0 Å². The Bertz CT molecular complexity index is 912. The quantitative estimate of drug-likeness (QED) is 0.686. The summed E-state index contributed by atoms with van der Waals surface area (Å²) in [5.41, 5.74) is 2.57. The van der Waals surface area contributed by atoms with E-state index < -0.39 is 9.84 Å². The molecule has 7 heteroatoms. The van der Waals surface area contributed by atoms with E-state index in [9.17, 15) is 8.42 Å². The molecule has 23 heavy (non-hydrogen) atoms. The first-order valence-electron chi connectivity index (χ1n) is 7.06. The molecule has 3 aromatic rings. The fourth-order valence-corrected chi connectivity index (χ4v) is 5.90. The Hall–Kier alpha value is -1.57. The van der Waals surface area contributed by atoms with E-state index >= 15 is 0 Å². The van der Waals surface area contributed by atoms with Gasteiger partial charge in [0.15, 0.2) is 9.84 Å². The molecular weight excluding hydrogens is 348 g/mol. The van der Waals surface area contributed by atoms with Crippen molar-refractivity contribution in [2.24, 2.45) is 0 Å². The second-order valence-corrected chi connectivity index (χ2v) is 9.50. The number of sulfone groups is 1. The van der Waals surface area contributed by atoms with Crippen LogP contribution in [0.4, 0.5) is 0 Å². The summed E-state index contributed by atoms with van der Waals surface area (Å²) in [7, 11) is -3.23. The number of benzene rings is 1. The molecule has 0 fully saturated rings. The number of aromatic nitrogens is 2. The van der Waals surface area contributed by atoms with Crippen LogP contribution in [0.3, 0.4) is 0 Å². The van der Waals surface area contributed by atoms with Crippen LogP contribution in [-0.2, 0) is 21.3 Å². The summed E-state index contributed by atoms with van der Waals surface area (Å²) in [6.07, 6.45) is 0. The van der Waals surface area contributed by atoms with E-state index in [2.05, 4.69) is 9.97 Å². The fourth-order valence-electron chi connectivity index (χ4n) is 2.32. The lowest BCUT2D eigenvalue weighted by Crippen LogP contribution is -2.07. The normalized spacial score (nSPS) is 11.7. The lowest BCUT2D eigenvalue weighted by molar-refractivity contribution is 0.594. The summed E-state index contributed by atoms with van der Waals surface area (Å²) >= 11 is 2.97. The highest BCUT2D eigenvalue weighted by atomic mass is 32.2. The molecule has 0 saturated heterocycles. The Kier molecular flexibility index (Phi) is 4.61. The van der Waals surface area contributed by atoms with Crippen molar-refractivity contribution in [2.45, 2.75) is 25.4 Å². The molecule has 0 atom stereocenters. The molecule has 2 heterocycles. The van der Waals surface area contributed by atoms with Gasteiger partial charge in [0.1, 0.15) is 10.8 Å². The summed E-state index contributed by atoms with van der Waals surface area (Å²) in [6, 6.07) is 9.23. The Morgan fingerprint density at radius 1 is 1.04 bits per heavy atom. The molecule has 120 valence electrons. The van der Waals surface area contributed by atoms with Crippen LogP contribution in [0.25, 0.3) is 10.6 Å². The summed E-state index contributed by atoms with van der Waals surface area (Å²) in [6.45, 7) is 3.91. The van der Waals surface area contributed by atoms with Gasteiger partial charge in [-0.3, -0.25) is 0 Å². The molecule has 0 aliphatic rings. The number of hydrogen-bond acceptors (Lipinski definition) is 6. The Labute approximate surface area is 143 Å². The van der Waals surface area contributed by atoms with Gasteiger partial charge in [-0.15, -0.1) is 22.7 Å². The minimum atomic E-state index is -3.23. The second-order valence-electron chi connectivity index (χ2n) is 5.29. The molecule has 0 aliphatic carbocycles. The molecule has 0 amide bonds. The molecule has 1 aromatic carbocycles. The van der Waals surface area contributed by atoms with Crippen molar-refractivity contribution >= 4 is 32.5 Å². The standard InChI is InChI=1S/C16H16N2O2S3/c1-11-16(22-12(2)17-11)14-8-21-15(18-14)10-23(19,20)9-13-6-4-3-5-7-13/h3-8H,9-10H2,1-2H3. The van der Waals surface area contributed by atoms with Crippen LogP contribution >= 0.6 is 22.7 Å². The maximum Gasteiger partial charge on any atom is 0.160 e. The van der Waals surface area contributed by atoms with Crippen molar-refractivity contribution < 1.29 is 8.42 Å². The predicted molar refractivity (Wildman–Crippen MR) is 95.5 cm³/mol. The van der Waals surface area contributed by atoms with E-state index in [-0.39, 0.29) is 11.5 Å². The molecule has 3 rings (SSSR count). The van der Waals surface area contributed by atoms with Crippen molar-refractivity contribution in [3.63, 3.8) is 0 Å². The SMILES string of the molecule is Cc1nc(C)c(-c2csc(CS(=O)(=O)Cc3ccccc3)n2)s1. The maximum atomic E-state index is 12.3. The molecule has 0 bridgehead atoms. The number of rotatable bonds is 5. The highest BCUT2D eigenvalue weighted by Crippen LogP contribution is 2.31. The molecule has 0 saturated carbocycles. The average Bonchev–Trinajstić information content (AvgIpc) is 3.05. The minimum absolute atomic E-state index is 0.0244. The van der Waals surface area contributed by atoms with Crippen LogP contribution in [0, 0.1) is 13.8 Å². The summed E-state index contributed by atoms with van der Waals surface area (Å²) in [5, 5.41) is 3.53. The molecule has 4 nitrogen and oxygen atoms in total. The molecule has 2 aromatic heterocycles. The predicted octanol–water partition coefficient (Wildman–Crippen LogP) is 4.00. The van der Waals surface area contributed by atoms with Crippen LogP contribution in [-0.4, -0.2) is 18.4 Å². The van der Waals surface area contributed by atoms with E-state index in [1.165, 1.54) is 11.3 Å². The van der Waals surface area contributed by atoms with E-state index in [4.69, 9.17) is 0 Å². The third-order valence-electron chi connectivity index (χ3n) is 3.26. The molecular formula is C16H16N2O2S3. The number of hydrogen-bond donors (Lipinski definition) is 0. The molecule has 0 radical (unpaired) electrons. The highest BCUT2D eigenvalue weighted by Gasteiger charge is 2.17. The maximum absolute atomic E-state index is 12.3. The third-order valence-corrected chi connectivity index (χ3v) is 6.87. The molecule has 0 spiro atoms. The van der Waals surface area contributed by atoms with Gasteiger partial charge in [-0.05, 0) is 19.4 Å². The number of aryl methyl sites for hydroxylation is 2. The lowest BCUT2D eigenvalue weighted by Gasteiger charge is -2.02. The fraction of sp³-hybridized carbons (Fsp3) is 0.250. The molecule has 0 unspecified atom stereocenters. The number of nitrogens with zero attached hydrogens (tertiary/aromatic N) is 2. The Morgan fingerprint density at radius 3 is 2.43 bits per heavy atom. The summed E-state index contributed by atoms with van der Waals surface area (Å²) in [4.78, 5) is 9.90. The monoisotopic (exact) mass is 364 g/mol. The van der Waals surface area contributed by atoms with Gasteiger partial charge in [-0.1, -0.05) is 30.3 Å². The first-order chi connectivity index (χ1) is 10.9. The minimum Gasteiger partial charge on any atom is -0.246 e. The van der Waals surface area contributed by atoms with Gasteiger partial charge < -0.3 is 0 Å². The third kappa shape index (κ3) is 4.04. The van der Waals surface area contributed by atoms with Crippen LogP contribution in [0.2, 0.25) is 0 Å². The van der Waals surface area contributed by atoms with Gasteiger partial charge in [0, 0.05) is 5.38 Å². The topological polar surface area (TPSA) is 59.9 Å². The van der Waals surface area contributed by atoms with E-state index in [0.29, 0.717) is 5.01 Å². The summed E-state index contributed by atoms with van der Waals surface area (Å²) in [5.74, 6) is 0.0187. The van der Waals surface area contributed by atoms with Crippen molar-refractivity contribution in [1.29, 1.82) is 0 Å². The Morgan fingerprint density at radius 2 is 1.78 bits per heavy atom. The van der Waals surface area contributed by atoms with Crippen molar-refractivity contribution in [3.8, 4) is 10.6 Å². The first-order valence-corrected chi connectivity index (χ1v) is 10.6. The summed E-state index contributed by atoms with van der Waals surface area (Å²) < 4.78 is 24.7. The van der Waals surface area contributed by atoms with Crippen LogP contribution in [0.15, 0.2) is 35.7 Å². The molecule has 0 aliphatic heterocycles. The van der Waals surface area contributed by atoms with Gasteiger partial charge in [-0.2, -0.15) is 0 Å².